The van der Waals surface area contributed by atoms with Gasteiger partial charge in [-0.25, -0.2) is 9.78 Å². The molecule has 0 aromatic carbocycles. The summed E-state index contributed by atoms with van der Waals surface area (Å²) in [6.07, 6.45) is 2.11. The van der Waals surface area contributed by atoms with Crippen LogP contribution < -0.4 is 0 Å². The summed E-state index contributed by atoms with van der Waals surface area (Å²) in [5, 5.41) is 12.5. The third kappa shape index (κ3) is 3.36. The molecule has 6 heteroatoms. The number of carboxylic acids is 1. The van der Waals surface area contributed by atoms with Gasteiger partial charge in [-0.1, -0.05) is 18.7 Å². The minimum atomic E-state index is -1.04. The quantitative estimate of drug-likeness (QED) is 0.819. The first-order chi connectivity index (χ1) is 8.69. The van der Waals surface area contributed by atoms with E-state index >= 15 is 0 Å². The normalized spacial score (nSPS) is 10.7. The van der Waals surface area contributed by atoms with E-state index in [1.54, 1.807) is 17.4 Å². The number of furan rings is 1. The molecule has 0 radical (unpaired) electrons. The number of thiazole rings is 1. The van der Waals surface area contributed by atoms with E-state index in [4.69, 9.17) is 9.52 Å². The number of carboxylic acid groups (broad SMARTS) is 1. The standard InChI is InChI=1S/C12H13NO3S2/c1-2-3-10-13-8(6-17-10)7-18-11-5-4-9(16-11)12(14)15/h4-6H,2-3,7H2,1H3,(H,14,15). The number of nitrogens with zero attached hydrogens (tertiary/aromatic N) is 1. The molecule has 2 rings (SSSR count). The highest BCUT2D eigenvalue weighted by Crippen LogP contribution is 2.25. The van der Waals surface area contributed by atoms with Crippen LogP contribution in [0.4, 0.5) is 0 Å². The molecular weight excluding hydrogens is 270 g/mol. The van der Waals surface area contributed by atoms with Crippen molar-refractivity contribution in [1.29, 1.82) is 0 Å². The van der Waals surface area contributed by atoms with Crippen molar-refractivity contribution in [2.45, 2.75) is 30.6 Å². The molecule has 0 aliphatic rings. The Morgan fingerprint density at radius 1 is 1.56 bits per heavy atom. The summed E-state index contributed by atoms with van der Waals surface area (Å²) >= 11 is 3.13. The van der Waals surface area contributed by atoms with Gasteiger partial charge in [0.25, 0.3) is 0 Å². The van der Waals surface area contributed by atoms with E-state index in [0.717, 1.165) is 23.5 Å². The molecule has 1 N–H and O–H groups in total. The lowest BCUT2D eigenvalue weighted by Crippen LogP contribution is -1.91. The van der Waals surface area contributed by atoms with Crippen LogP contribution in [0.2, 0.25) is 0 Å². The molecule has 0 aliphatic heterocycles. The zero-order valence-corrected chi connectivity index (χ0v) is 11.5. The van der Waals surface area contributed by atoms with Crippen LogP contribution >= 0.6 is 23.1 Å². The smallest absolute Gasteiger partial charge is 0.371 e. The second kappa shape index (κ2) is 6.06. The topological polar surface area (TPSA) is 63.3 Å². The first-order valence-electron chi connectivity index (χ1n) is 5.58. The summed E-state index contributed by atoms with van der Waals surface area (Å²) in [6, 6.07) is 3.14. The van der Waals surface area contributed by atoms with E-state index in [1.807, 2.05) is 5.38 Å². The Hall–Kier alpha value is -1.27. The molecule has 2 heterocycles. The largest absolute Gasteiger partial charge is 0.475 e. The molecule has 0 aliphatic carbocycles. The lowest BCUT2D eigenvalue weighted by Gasteiger charge is -1.94. The summed E-state index contributed by atoms with van der Waals surface area (Å²) in [7, 11) is 0. The van der Waals surface area contributed by atoms with Gasteiger partial charge >= 0.3 is 5.97 Å². The first-order valence-corrected chi connectivity index (χ1v) is 7.44. The van der Waals surface area contributed by atoms with Crippen LogP contribution in [0.5, 0.6) is 0 Å². The number of aryl methyl sites for hydroxylation is 1. The maximum Gasteiger partial charge on any atom is 0.371 e. The van der Waals surface area contributed by atoms with Crippen LogP contribution in [-0.2, 0) is 12.2 Å². The van der Waals surface area contributed by atoms with E-state index in [-0.39, 0.29) is 5.76 Å². The number of aromatic carboxylic acids is 1. The van der Waals surface area contributed by atoms with Crippen LogP contribution in [0.25, 0.3) is 0 Å². The van der Waals surface area contributed by atoms with Gasteiger partial charge < -0.3 is 9.52 Å². The van der Waals surface area contributed by atoms with Crippen molar-refractivity contribution in [3.8, 4) is 0 Å². The van der Waals surface area contributed by atoms with Gasteiger partial charge in [0.15, 0.2) is 5.09 Å². The summed E-state index contributed by atoms with van der Waals surface area (Å²) in [6.45, 7) is 2.13. The highest BCUT2D eigenvalue weighted by Gasteiger charge is 2.10. The fourth-order valence-corrected chi connectivity index (χ4v) is 3.16. The van der Waals surface area contributed by atoms with Gasteiger partial charge in [0.1, 0.15) is 0 Å². The lowest BCUT2D eigenvalue weighted by molar-refractivity contribution is 0.0656. The fourth-order valence-electron chi connectivity index (χ4n) is 1.40. The van der Waals surface area contributed by atoms with Gasteiger partial charge in [-0.3, -0.25) is 0 Å². The minimum absolute atomic E-state index is 0.0255. The molecule has 0 atom stereocenters. The van der Waals surface area contributed by atoms with Crippen LogP contribution in [0.15, 0.2) is 27.0 Å². The molecule has 96 valence electrons. The lowest BCUT2D eigenvalue weighted by atomic mass is 10.3. The van der Waals surface area contributed by atoms with Gasteiger partial charge in [0.05, 0.1) is 10.7 Å². The number of hydrogen-bond donors (Lipinski definition) is 1. The average molecular weight is 283 g/mol. The van der Waals surface area contributed by atoms with Crippen molar-refractivity contribution in [2.24, 2.45) is 0 Å². The zero-order valence-electron chi connectivity index (χ0n) is 9.88. The van der Waals surface area contributed by atoms with Crippen molar-refractivity contribution in [3.63, 3.8) is 0 Å². The van der Waals surface area contributed by atoms with Gasteiger partial charge in [-0.05, 0) is 25.0 Å². The second-order valence-corrected chi connectivity index (χ2v) is 5.62. The summed E-state index contributed by atoms with van der Waals surface area (Å²) < 4.78 is 5.16. The highest BCUT2D eigenvalue weighted by atomic mass is 32.2. The summed E-state index contributed by atoms with van der Waals surface area (Å²) in [4.78, 5) is 15.1. The molecule has 2 aromatic heterocycles. The Balaban J connectivity index is 1.91. The molecule has 4 nitrogen and oxygen atoms in total. The van der Waals surface area contributed by atoms with Gasteiger partial charge in [-0.15, -0.1) is 11.3 Å². The third-order valence-corrected chi connectivity index (χ3v) is 4.12. The third-order valence-electron chi connectivity index (χ3n) is 2.22. The van der Waals surface area contributed by atoms with Crippen LogP contribution in [0.3, 0.4) is 0 Å². The van der Waals surface area contributed by atoms with E-state index in [2.05, 4.69) is 11.9 Å². The van der Waals surface area contributed by atoms with Crippen LogP contribution in [0, 0.1) is 0 Å². The van der Waals surface area contributed by atoms with Crippen molar-refractivity contribution in [3.05, 3.63) is 34.0 Å². The van der Waals surface area contributed by atoms with Gasteiger partial charge in [0.2, 0.25) is 5.76 Å². The molecule has 0 amide bonds. The van der Waals surface area contributed by atoms with Crippen molar-refractivity contribution in [1.82, 2.24) is 4.98 Å². The summed E-state index contributed by atoms with van der Waals surface area (Å²) in [5.41, 5.74) is 1.02. The Kier molecular flexibility index (Phi) is 4.43. The molecular formula is C12H13NO3S2. The van der Waals surface area contributed by atoms with E-state index < -0.39 is 5.97 Å². The molecule has 0 spiro atoms. The number of hydrogen-bond acceptors (Lipinski definition) is 5. The zero-order chi connectivity index (χ0) is 13.0. The molecule has 18 heavy (non-hydrogen) atoms. The predicted octanol–water partition coefficient (Wildman–Crippen LogP) is 3.68. The molecule has 0 unspecified atom stereocenters. The van der Waals surface area contributed by atoms with Crippen molar-refractivity contribution >= 4 is 29.1 Å². The predicted molar refractivity (Wildman–Crippen MR) is 71.3 cm³/mol. The number of rotatable bonds is 6. The second-order valence-electron chi connectivity index (χ2n) is 3.70. The molecule has 0 bridgehead atoms. The minimum Gasteiger partial charge on any atom is -0.475 e. The van der Waals surface area contributed by atoms with E-state index in [1.165, 1.54) is 17.8 Å². The fraction of sp³-hybridized carbons (Fsp3) is 0.333. The monoisotopic (exact) mass is 283 g/mol. The highest BCUT2D eigenvalue weighted by molar-refractivity contribution is 7.98. The van der Waals surface area contributed by atoms with Crippen LogP contribution in [-0.4, -0.2) is 16.1 Å². The van der Waals surface area contributed by atoms with E-state index in [9.17, 15) is 4.79 Å². The number of thioether (sulfide) groups is 1. The van der Waals surface area contributed by atoms with Gasteiger partial charge in [-0.2, -0.15) is 0 Å². The number of aromatic nitrogens is 1. The SMILES string of the molecule is CCCc1nc(CSc2ccc(C(=O)O)o2)cs1. The average Bonchev–Trinajstić information content (AvgIpc) is 2.95. The summed E-state index contributed by atoms with van der Waals surface area (Å²) in [5.74, 6) is -0.365. The maximum absolute atomic E-state index is 10.7. The van der Waals surface area contributed by atoms with Crippen molar-refractivity contribution in [2.75, 3.05) is 0 Å². The first kappa shape index (κ1) is 13.2. The number of carbonyl (C=O) groups is 1. The molecule has 2 aromatic rings. The Labute approximate surface area is 113 Å². The van der Waals surface area contributed by atoms with E-state index in [0.29, 0.717) is 10.8 Å². The Morgan fingerprint density at radius 2 is 2.39 bits per heavy atom. The maximum atomic E-state index is 10.7. The Bertz CT molecular complexity index is 533. The molecule has 0 saturated heterocycles. The van der Waals surface area contributed by atoms with Gasteiger partial charge in [0, 0.05) is 11.1 Å². The van der Waals surface area contributed by atoms with Crippen molar-refractivity contribution < 1.29 is 14.3 Å². The molecule has 0 saturated carbocycles. The Morgan fingerprint density at radius 3 is 3.06 bits per heavy atom. The van der Waals surface area contributed by atoms with Crippen LogP contribution in [0.1, 0.15) is 34.6 Å². The molecule has 0 fully saturated rings.